The number of aliphatic imine (C=N–C) groups is 1. The molecule has 17 heteroatoms. The van der Waals surface area contributed by atoms with E-state index in [0.717, 1.165) is 12.1 Å². The fourth-order valence-electron chi connectivity index (χ4n) is 6.59. The maximum atomic E-state index is 13.1. The molecule has 0 radical (unpaired) electrons. The minimum Gasteiger partial charge on any atom is -0.488 e. The number of imidazole rings is 1. The lowest BCUT2D eigenvalue weighted by Crippen LogP contribution is -2.47. The lowest BCUT2D eigenvalue weighted by atomic mass is 10.2. The Labute approximate surface area is 330 Å². The van der Waals surface area contributed by atoms with Gasteiger partial charge < -0.3 is 24.5 Å². The van der Waals surface area contributed by atoms with Crippen molar-refractivity contribution in [3.05, 3.63) is 78.4 Å². The van der Waals surface area contributed by atoms with Gasteiger partial charge in [-0.3, -0.25) is 18.5 Å². The van der Waals surface area contributed by atoms with E-state index in [-0.39, 0.29) is 28.8 Å². The molecule has 0 saturated carbocycles. The van der Waals surface area contributed by atoms with Gasteiger partial charge in [-0.25, -0.2) is 19.7 Å². The van der Waals surface area contributed by atoms with Crippen LogP contribution in [0.25, 0.3) is 11.2 Å². The highest BCUT2D eigenvalue weighted by Gasteiger charge is 2.46. The third-order valence-corrected chi connectivity index (χ3v) is 16.1. The molecule has 2 fully saturated rings. The van der Waals surface area contributed by atoms with Crippen LogP contribution in [0.2, 0.25) is 18.1 Å². The average Bonchev–Trinajstić information content (AvgIpc) is 3.69. The van der Waals surface area contributed by atoms with E-state index in [1.54, 1.807) is 29.1 Å². The second-order valence-corrected chi connectivity index (χ2v) is 21.9. The lowest BCUT2D eigenvalue weighted by Gasteiger charge is -2.39. The molecule has 56 heavy (non-hydrogen) atoms. The van der Waals surface area contributed by atoms with Gasteiger partial charge in [-0.1, -0.05) is 69.7 Å². The molecule has 3 N–H and O–H groups in total. The number of amidine groups is 1. The van der Waals surface area contributed by atoms with Gasteiger partial charge >= 0.3 is 10.3 Å². The van der Waals surface area contributed by atoms with Crippen LogP contribution in [0.3, 0.4) is 0 Å². The van der Waals surface area contributed by atoms with E-state index in [4.69, 9.17) is 23.8 Å². The minimum absolute atomic E-state index is 0.0465. The summed E-state index contributed by atoms with van der Waals surface area (Å²) in [7, 11) is -6.86. The monoisotopic (exact) mass is 806 g/mol. The largest absolute Gasteiger partial charge is 0.488 e. The number of benzene rings is 2. The first-order valence-electron chi connectivity index (χ1n) is 19.2. The van der Waals surface area contributed by atoms with Gasteiger partial charge in [-0.15, -0.1) is 0 Å². The Morgan fingerprint density at radius 1 is 1.00 bits per heavy atom. The third kappa shape index (κ3) is 10.3. The highest BCUT2D eigenvalue weighted by Crippen LogP contribution is 2.41. The molecular weight excluding hydrogens is 753 g/mol. The molecule has 7 rings (SSSR count). The van der Waals surface area contributed by atoms with E-state index in [9.17, 15) is 13.2 Å². The van der Waals surface area contributed by atoms with Crippen molar-refractivity contribution < 1.29 is 31.3 Å². The Hall–Kier alpha value is -4.42. The molecule has 3 aliphatic rings. The molecule has 2 aromatic carbocycles. The number of carbonyl (C=O) groups is 1. The van der Waals surface area contributed by atoms with Crippen LogP contribution in [0.4, 0.5) is 5.82 Å². The molecule has 0 spiro atoms. The van der Waals surface area contributed by atoms with Crippen LogP contribution >= 0.6 is 0 Å². The van der Waals surface area contributed by atoms with E-state index >= 15 is 0 Å². The number of aromatic nitrogens is 4. The number of rotatable bonds is 11. The zero-order valence-corrected chi connectivity index (χ0v) is 34.7. The number of fused-ring (bicyclic) bond motifs is 2. The number of nitrogens with two attached hydrogens (primary N) is 1. The van der Waals surface area contributed by atoms with E-state index < -0.39 is 49.6 Å². The van der Waals surface area contributed by atoms with E-state index in [2.05, 4.69) is 58.7 Å². The molecule has 0 unspecified atom stereocenters. The number of carbonyl (C=O) groups excluding carboxylic acids is 1. The first-order chi connectivity index (χ1) is 26.7. The van der Waals surface area contributed by atoms with Crippen molar-refractivity contribution in [2.75, 3.05) is 32.0 Å². The van der Waals surface area contributed by atoms with Crippen molar-refractivity contribution in [1.82, 2.24) is 29.1 Å². The van der Waals surface area contributed by atoms with E-state index in [1.807, 2.05) is 35.1 Å². The van der Waals surface area contributed by atoms with Gasteiger partial charge in [0.25, 0.3) is 5.91 Å². The topological polar surface area (TPSA) is 185 Å². The van der Waals surface area contributed by atoms with Crippen molar-refractivity contribution in [2.45, 2.75) is 102 Å². The van der Waals surface area contributed by atoms with Gasteiger partial charge in [0.1, 0.15) is 36.5 Å². The third-order valence-electron chi connectivity index (χ3n) is 10.7. The second kappa shape index (κ2) is 17.8. The maximum Gasteiger partial charge on any atom is 0.362 e. The summed E-state index contributed by atoms with van der Waals surface area (Å²) in [6.45, 7) is 14.0. The number of hydrogen-bond acceptors (Lipinski definition) is 13. The number of ether oxygens (including phenoxy) is 2. The summed E-state index contributed by atoms with van der Waals surface area (Å²) in [5.74, 6) is 0.976. The van der Waals surface area contributed by atoms with Crippen molar-refractivity contribution >= 4 is 47.3 Å². The molecule has 1 amide bonds. The summed E-state index contributed by atoms with van der Waals surface area (Å²) >= 11 is 0. The summed E-state index contributed by atoms with van der Waals surface area (Å²) in [4.78, 5) is 32.7. The molecule has 0 bridgehead atoms. The Morgan fingerprint density at radius 2 is 1.75 bits per heavy atom. The smallest absolute Gasteiger partial charge is 0.362 e. The van der Waals surface area contributed by atoms with Crippen LogP contribution in [-0.4, -0.2) is 91.3 Å². The van der Waals surface area contributed by atoms with Crippen LogP contribution in [0.1, 0.15) is 81.4 Å². The van der Waals surface area contributed by atoms with Gasteiger partial charge in [0, 0.05) is 32.5 Å². The van der Waals surface area contributed by atoms with Crippen LogP contribution < -0.4 is 15.2 Å². The minimum atomic E-state index is -4.54. The highest BCUT2D eigenvalue weighted by atomic mass is 32.2. The van der Waals surface area contributed by atoms with Gasteiger partial charge in [-0.2, -0.15) is 8.42 Å². The summed E-state index contributed by atoms with van der Waals surface area (Å²) < 4.78 is 53.8. The first kappa shape index (κ1) is 41.2. The Balaban J connectivity index is 0.000000411. The van der Waals surface area contributed by atoms with Gasteiger partial charge in [0.2, 0.25) is 0 Å². The van der Waals surface area contributed by atoms with Crippen LogP contribution in [0.15, 0.2) is 72.2 Å². The summed E-state index contributed by atoms with van der Waals surface area (Å²) in [6, 6.07) is 15.8. The zero-order valence-electron chi connectivity index (χ0n) is 32.9. The van der Waals surface area contributed by atoms with Gasteiger partial charge in [0.15, 0.2) is 19.8 Å². The molecule has 3 atom stereocenters. The van der Waals surface area contributed by atoms with Crippen LogP contribution in [-0.2, 0) is 30.3 Å². The fourth-order valence-corrected chi connectivity index (χ4v) is 8.66. The number of anilines is 1. The van der Waals surface area contributed by atoms with Gasteiger partial charge in [0.05, 0.1) is 30.4 Å². The van der Waals surface area contributed by atoms with Gasteiger partial charge in [-0.05, 0) is 55.1 Å². The van der Waals surface area contributed by atoms with E-state index in [1.165, 1.54) is 63.4 Å². The number of nitrogens with zero attached hydrogens (tertiary/aromatic N) is 6. The van der Waals surface area contributed by atoms with Crippen LogP contribution in [0, 0.1) is 0 Å². The summed E-state index contributed by atoms with van der Waals surface area (Å²) in [5.41, 5.74) is 7.82. The average molecular weight is 807 g/mol. The predicted octanol–water partition coefficient (Wildman–Crippen LogP) is 6.02. The molecule has 5 heterocycles. The number of nitrogen functional groups attached to an aromatic ring is 1. The van der Waals surface area contributed by atoms with Crippen molar-refractivity contribution in [3.63, 3.8) is 0 Å². The van der Waals surface area contributed by atoms with Crippen LogP contribution in [0.5, 0.6) is 5.75 Å². The lowest BCUT2D eigenvalue weighted by molar-refractivity contribution is -0.0351. The summed E-state index contributed by atoms with van der Waals surface area (Å²) in [6.07, 6.45) is 8.04. The standard InChI is InChI=1S/C30H38N6O7SSi.C9H16N2/c1-30(2,3)45(4,5)43-23-15-25(36-19-34-26-27(31)32-18-33-28(26)36)42-24(23)17-41-44(38,39)35-29(37)21-13-9-10-14-22(21)40-16-20-11-7-6-8-12-20;1-2-5-9-10-6-4-8-11(9)7-3-1/h6-14,18-19,23-25H,15-17H2,1-5H3,(H,35,37)(H2,31,32,33);1-8H2/t23-,24+,25+;/m0./s1. The molecule has 15 nitrogen and oxygen atoms in total. The molecule has 3 aliphatic heterocycles. The molecule has 2 aromatic heterocycles. The SMILES string of the molecule is C1CCC2=NCCCN2CC1.CC(C)(C)[Si](C)(C)O[C@H]1C[C@H](n2cnc3c(N)ncnc32)O[C@@H]1COS(=O)(=O)NC(=O)c1ccccc1OCc1ccccc1. The van der Waals surface area contributed by atoms with E-state index in [0.29, 0.717) is 17.6 Å². The highest BCUT2D eigenvalue weighted by molar-refractivity contribution is 7.85. The Morgan fingerprint density at radius 3 is 2.54 bits per heavy atom. The van der Waals surface area contributed by atoms with Crippen molar-refractivity contribution in [1.29, 1.82) is 0 Å². The number of nitrogens with one attached hydrogen (secondary N) is 1. The molecule has 2 saturated heterocycles. The first-order valence-corrected chi connectivity index (χ1v) is 23.5. The Bertz CT molecular complexity index is 2090. The Kier molecular flexibility index (Phi) is 13.1. The summed E-state index contributed by atoms with van der Waals surface area (Å²) in [5, 5.41) is -0.115. The maximum absolute atomic E-state index is 13.1. The normalized spacial score (nSPS) is 20.3. The quantitative estimate of drug-likeness (QED) is 0.168. The fraction of sp³-hybridized carbons (Fsp3) is 0.513. The molecule has 4 aromatic rings. The second-order valence-electron chi connectivity index (χ2n) is 15.8. The predicted molar refractivity (Wildman–Crippen MR) is 217 cm³/mol. The van der Waals surface area contributed by atoms with Crippen molar-refractivity contribution in [2.24, 2.45) is 4.99 Å². The molecule has 0 aliphatic carbocycles. The number of amides is 1. The number of para-hydroxylation sites is 1. The molecule has 302 valence electrons. The molecular formula is C39H54N8O7SSi. The zero-order chi connectivity index (χ0) is 39.9. The van der Waals surface area contributed by atoms with Crippen molar-refractivity contribution in [3.8, 4) is 5.75 Å². The number of hydrogen-bond donors (Lipinski definition) is 2.